The van der Waals surface area contributed by atoms with Gasteiger partial charge in [0.2, 0.25) is 0 Å². The van der Waals surface area contributed by atoms with Crippen LogP contribution >= 0.6 is 0 Å². The molecule has 166 valence electrons. The summed E-state index contributed by atoms with van der Waals surface area (Å²) in [7, 11) is 1.63. The second-order valence-electron chi connectivity index (χ2n) is 7.69. The number of hydrogen-bond acceptors (Lipinski definition) is 6. The van der Waals surface area contributed by atoms with Crippen LogP contribution in [-0.4, -0.2) is 43.0 Å². The molecule has 0 atom stereocenters. The highest BCUT2D eigenvalue weighted by atomic mass is 16.6. The molecular formula is C25H25NO6. The number of aryl methyl sites for hydroxylation is 1. The minimum absolute atomic E-state index is 0.339. The fourth-order valence-electron chi connectivity index (χ4n) is 3.59. The van der Waals surface area contributed by atoms with Crippen molar-refractivity contribution in [2.75, 3.05) is 26.9 Å². The summed E-state index contributed by atoms with van der Waals surface area (Å²) in [6, 6.07) is 17.6. The number of carbonyl (C=O) groups is 1. The molecule has 1 aliphatic rings. The van der Waals surface area contributed by atoms with Crippen molar-refractivity contribution in [2.24, 2.45) is 0 Å². The lowest BCUT2D eigenvalue weighted by Gasteiger charge is -2.41. The van der Waals surface area contributed by atoms with Crippen molar-refractivity contribution in [1.82, 2.24) is 4.98 Å². The van der Waals surface area contributed by atoms with E-state index in [2.05, 4.69) is 11.1 Å². The maximum absolute atomic E-state index is 10.9. The van der Waals surface area contributed by atoms with E-state index in [1.807, 2.05) is 55.5 Å². The van der Waals surface area contributed by atoms with E-state index in [0.717, 1.165) is 27.9 Å². The third kappa shape index (κ3) is 4.74. The minimum atomic E-state index is -1.00. The van der Waals surface area contributed by atoms with Crippen LogP contribution in [0, 0.1) is 6.92 Å². The Hall–Kier alpha value is -3.42. The van der Waals surface area contributed by atoms with Gasteiger partial charge in [-0.15, -0.1) is 0 Å². The van der Waals surface area contributed by atoms with Crippen LogP contribution in [0.3, 0.4) is 0 Å². The quantitative estimate of drug-likeness (QED) is 0.544. The third-order valence-corrected chi connectivity index (χ3v) is 5.46. The summed E-state index contributed by atoms with van der Waals surface area (Å²) in [5.74, 6) is 0.430. The maximum atomic E-state index is 10.9. The number of benzene rings is 2. The van der Waals surface area contributed by atoms with Crippen molar-refractivity contribution in [3.05, 3.63) is 77.6 Å². The van der Waals surface area contributed by atoms with Crippen LogP contribution in [0.4, 0.5) is 0 Å². The van der Waals surface area contributed by atoms with Crippen LogP contribution in [0.5, 0.6) is 11.5 Å². The van der Waals surface area contributed by atoms with Crippen LogP contribution in [-0.2, 0) is 26.5 Å². The lowest BCUT2D eigenvalue weighted by atomic mass is 9.91. The zero-order valence-corrected chi connectivity index (χ0v) is 18.0. The highest BCUT2D eigenvalue weighted by Gasteiger charge is 2.42. The molecule has 0 amide bonds. The van der Waals surface area contributed by atoms with Gasteiger partial charge in [-0.3, -0.25) is 4.98 Å². The molecule has 0 aliphatic carbocycles. The molecule has 1 aliphatic heterocycles. The molecule has 32 heavy (non-hydrogen) atoms. The molecule has 1 saturated heterocycles. The molecule has 1 N–H and O–H groups in total. The molecule has 2 heterocycles. The van der Waals surface area contributed by atoms with Gasteiger partial charge in [0.15, 0.2) is 0 Å². The molecule has 1 fully saturated rings. The van der Waals surface area contributed by atoms with Gasteiger partial charge in [-0.25, -0.2) is 4.79 Å². The fraction of sp³-hybridized carbons (Fsp3) is 0.280. The Bertz CT molecular complexity index is 1090. The van der Waals surface area contributed by atoms with Crippen LogP contribution in [0.1, 0.15) is 16.8 Å². The van der Waals surface area contributed by atoms with Gasteiger partial charge >= 0.3 is 5.97 Å². The molecule has 0 saturated carbocycles. The first-order chi connectivity index (χ1) is 15.5. The Balaban J connectivity index is 1.43. The van der Waals surface area contributed by atoms with Gasteiger partial charge in [0.1, 0.15) is 30.3 Å². The molecular weight excluding hydrogens is 410 g/mol. The fourth-order valence-corrected chi connectivity index (χ4v) is 3.59. The zero-order chi connectivity index (χ0) is 22.6. The Morgan fingerprint density at radius 3 is 2.56 bits per heavy atom. The van der Waals surface area contributed by atoms with E-state index in [1.165, 1.54) is 0 Å². The second kappa shape index (κ2) is 9.38. The molecule has 1 aromatic heterocycles. The van der Waals surface area contributed by atoms with Crippen molar-refractivity contribution in [3.8, 4) is 22.6 Å². The van der Waals surface area contributed by atoms with Crippen molar-refractivity contribution >= 4 is 5.97 Å². The number of ether oxygens (including phenoxy) is 4. The van der Waals surface area contributed by atoms with Crippen molar-refractivity contribution < 1.29 is 28.8 Å². The Morgan fingerprint density at radius 1 is 1.12 bits per heavy atom. The molecule has 3 aromatic rings. The van der Waals surface area contributed by atoms with Crippen LogP contribution < -0.4 is 9.47 Å². The SMILES string of the molecule is COc1cnc(C)c(-c2cccc(COc3ccc(C4(OCC(=O)O)COC4)cc3)c2)c1. The van der Waals surface area contributed by atoms with Gasteiger partial charge < -0.3 is 24.1 Å². The van der Waals surface area contributed by atoms with E-state index in [4.69, 9.17) is 24.1 Å². The standard InChI is InChI=1S/C25H25NO6/c1-17-23(11-22(29-2)12-26-17)19-5-3-4-18(10-19)13-31-21-8-6-20(7-9-21)25(15-30-16-25)32-14-24(27)28/h3-12H,13-16H2,1-2H3,(H,27,28). The summed E-state index contributed by atoms with van der Waals surface area (Å²) in [4.78, 5) is 15.3. The summed E-state index contributed by atoms with van der Waals surface area (Å²) in [6.07, 6.45) is 1.71. The minimum Gasteiger partial charge on any atom is -0.495 e. The first-order valence-electron chi connectivity index (χ1n) is 10.3. The molecule has 0 spiro atoms. The van der Waals surface area contributed by atoms with Gasteiger partial charge in [-0.2, -0.15) is 0 Å². The number of nitrogens with zero attached hydrogens (tertiary/aromatic N) is 1. The molecule has 0 bridgehead atoms. The highest BCUT2D eigenvalue weighted by Crippen LogP contribution is 2.34. The Morgan fingerprint density at radius 2 is 1.91 bits per heavy atom. The largest absolute Gasteiger partial charge is 0.495 e. The van der Waals surface area contributed by atoms with Gasteiger partial charge in [0.05, 0.1) is 26.5 Å². The van der Waals surface area contributed by atoms with E-state index in [-0.39, 0.29) is 6.61 Å². The summed E-state index contributed by atoms with van der Waals surface area (Å²) >= 11 is 0. The van der Waals surface area contributed by atoms with Crippen LogP contribution in [0.25, 0.3) is 11.1 Å². The summed E-state index contributed by atoms with van der Waals surface area (Å²) in [5.41, 5.74) is 4.20. The predicted molar refractivity (Wildman–Crippen MR) is 118 cm³/mol. The van der Waals surface area contributed by atoms with Crippen molar-refractivity contribution in [2.45, 2.75) is 19.1 Å². The first kappa shape index (κ1) is 21.8. The predicted octanol–water partition coefficient (Wildman–Crippen LogP) is 3.97. The third-order valence-electron chi connectivity index (χ3n) is 5.46. The number of pyridine rings is 1. The summed E-state index contributed by atoms with van der Waals surface area (Å²) in [6.45, 7) is 2.70. The molecule has 0 radical (unpaired) electrons. The van der Waals surface area contributed by atoms with Gasteiger partial charge in [-0.05, 0) is 47.9 Å². The number of hydrogen-bond donors (Lipinski definition) is 1. The smallest absolute Gasteiger partial charge is 0.329 e. The average Bonchev–Trinajstić information content (AvgIpc) is 2.78. The molecule has 7 nitrogen and oxygen atoms in total. The zero-order valence-electron chi connectivity index (χ0n) is 18.0. The molecule has 0 unspecified atom stereocenters. The van der Waals surface area contributed by atoms with E-state index in [1.54, 1.807) is 13.3 Å². The lowest BCUT2D eigenvalue weighted by molar-refractivity contribution is -0.220. The van der Waals surface area contributed by atoms with E-state index in [0.29, 0.717) is 31.3 Å². The number of aromatic nitrogens is 1. The maximum Gasteiger partial charge on any atom is 0.329 e. The monoisotopic (exact) mass is 435 g/mol. The Labute approximate surface area is 186 Å². The van der Waals surface area contributed by atoms with E-state index < -0.39 is 11.6 Å². The molecule has 2 aromatic carbocycles. The number of methoxy groups -OCH3 is 1. The van der Waals surface area contributed by atoms with Crippen LogP contribution in [0.2, 0.25) is 0 Å². The van der Waals surface area contributed by atoms with Gasteiger partial charge in [0.25, 0.3) is 0 Å². The molecule has 4 rings (SSSR count). The summed E-state index contributed by atoms with van der Waals surface area (Å²) < 4.78 is 22.1. The summed E-state index contributed by atoms with van der Waals surface area (Å²) in [5, 5.41) is 8.90. The first-order valence-corrected chi connectivity index (χ1v) is 10.3. The van der Waals surface area contributed by atoms with Gasteiger partial charge in [0, 0.05) is 11.3 Å². The van der Waals surface area contributed by atoms with E-state index >= 15 is 0 Å². The van der Waals surface area contributed by atoms with E-state index in [9.17, 15) is 4.79 Å². The van der Waals surface area contributed by atoms with Crippen LogP contribution in [0.15, 0.2) is 60.8 Å². The lowest BCUT2D eigenvalue weighted by Crippen LogP contribution is -2.49. The van der Waals surface area contributed by atoms with Crippen molar-refractivity contribution in [3.63, 3.8) is 0 Å². The normalized spacial score (nSPS) is 14.4. The average molecular weight is 435 g/mol. The number of carboxylic acids is 1. The number of carboxylic acid groups (broad SMARTS) is 1. The van der Waals surface area contributed by atoms with Crippen molar-refractivity contribution in [1.29, 1.82) is 0 Å². The Kier molecular flexibility index (Phi) is 6.39. The number of aliphatic carboxylic acids is 1. The number of rotatable bonds is 9. The molecule has 7 heteroatoms. The van der Waals surface area contributed by atoms with Gasteiger partial charge in [-0.1, -0.05) is 30.3 Å². The second-order valence-corrected chi connectivity index (χ2v) is 7.69. The highest BCUT2D eigenvalue weighted by molar-refractivity contribution is 5.68. The topological polar surface area (TPSA) is 87.1 Å².